The van der Waals surface area contributed by atoms with E-state index >= 15 is 0 Å². The van der Waals surface area contributed by atoms with Crippen LogP contribution in [0.1, 0.15) is 16.9 Å². The van der Waals surface area contributed by atoms with Crippen molar-refractivity contribution in [3.63, 3.8) is 0 Å². The number of nitrogens with two attached hydrogens (primary N) is 1. The molecule has 2 heterocycles. The number of aliphatic hydroxyl groups excluding tert-OH is 1. The van der Waals surface area contributed by atoms with Crippen LogP contribution in [0.2, 0.25) is 0 Å². The molecule has 1 aromatic heterocycles. The Kier molecular flexibility index (Phi) is 4.16. The molecule has 18 heavy (non-hydrogen) atoms. The molecule has 0 aliphatic carbocycles. The molecule has 1 aliphatic rings. The van der Waals surface area contributed by atoms with Gasteiger partial charge in [0.2, 0.25) is 0 Å². The first-order valence-electron chi connectivity index (χ1n) is 6.14. The number of aromatic amines is 1. The minimum atomic E-state index is -0.0648. The van der Waals surface area contributed by atoms with Gasteiger partial charge >= 0.3 is 0 Å². The molecule has 0 bridgehead atoms. The highest BCUT2D eigenvalue weighted by Gasteiger charge is 2.21. The molecule has 4 N–H and O–H groups in total. The number of aromatic nitrogens is 2. The Balaban J connectivity index is 1.95. The van der Waals surface area contributed by atoms with Gasteiger partial charge in [0.05, 0.1) is 6.61 Å². The van der Waals surface area contributed by atoms with E-state index in [0.717, 1.165) is 26.1 Å². The molecule has 0 atom stereocenters. The number of H-pyrrole nitrogens is 1. The van der Waals surface area contributed by atoms with Crippen molar-refractivity contribution in [1.29, 1.82) is 0 Å². The summed E-state index contributed by atoms with van der Waals surface area (Å²) in [4.78, 5) is 16.1. The molecule has 1 amide bonds. The van der Waals surface area contributed by atoms with Crippen LogP contribution in [0.15, 0.2) is 6.07 Å². The van der Waals surface area contributed by atoms with E-state index in [1.54, 1.807) is 11.0 Å². The summed E-state index contributed by atoms with van der Waals surface area (Å²) in [6.45, 7) is 3.91. The standard InChI is InChI=1S/C11H19N5O2/c12-10-8-9(13-14-10)11(18)16-3-1-2-15(4-5-16)6-7-17/h8,17H,1-7H2,(H3,12,13,14). The molecule has 0 aromatic carbocycles. The fraction of sp³-hybridized carbons (Fsp3) is 0.636. The maximum Gasteiger partial charge on any atom is 0.271 e. The molecule has 1 fully saturated rings. The molecule has 2 rings (SSSR count). The van der Waals surface area contributed by atoms with Crippen molar-refractivity contribution in [2.75, 3.05) is 45.1 Å². The number of hydrogen-bond donors (Lipinski definition) is 3. The SMILES string of the molecule is Nc1cc(C(=O)N2CCCN(CCO)CC2)[nH]n1. The summed E-state index contributed by atoms with van der Waals surface area (Å²) in [6.07, 6.45) is 0.912. The third kappa shape index (κ3) is 2.99. The Morgan fingerprint density at radius 1 is 1.44 bits per heavy atom. The topological polar surface area (TPSA) is 98.5 Å². The molecular weight excluding hydrogens is 234 g/mol. The van der Waals surface area contributed by atoms with Crippen LogP contribution < -0.4 is 5.73 Å². The van der Waals surface area contributed by atoms with Crippen LogP contribution in [0, 0.1) is 0 Å². The molecule has 0 unspecified atom stereocenters. The van der Waals surface area contributed by atoms with Gasteiger partial charge in [0.1, 0.15) is 11.5 Å². The maximum absolute atomic E-state index is 12.2. The largest absolute Gasteiger partial charge is 0.395 e. The Hall–Kier alpha value is -1.60. The highest BCUT2D eigenvalue weighted by molar-refractivity contribution is 5.93. The van der Waals surface area contributed by atoms with Gasteiger partial charge in [-0.25, -0.2) is 0 Å². The predicted octanol–water partition coefficient (Wildman–Crippen LogP) is -0.868. The van der Waals surface area contributed by atoms with Crippen LogP contribution in [0.3, 0.4) is 0 Å². The van der Waals surface area contributed by atoms with Gasteiger partial charge in [-0.05, 0) is 13.0 Å². The predicted molar refractivity (Wildman–Crippen MR) is 67.0 cm³/mol. The number of nitrogens with one attached hydrogen (secondary N) is 1. The molecule has 0 spiro atoms. The van der Waals surface area contributed by atoms with Crippen molar-refractivity contribution in [2.45, 2.75) is 6.42 Å². The second-order valence-electron chi connectivity index (χ2n) is 4.42. The Labute approximate surface area is 106 Å². The number of aliphatic hydroxyl groups is 1. The van der Waals surface area contributed by atoms with Gasteiger partial charge in [-0.3, -0.25) is 14.8 Å². The summed E-state index contributed by atoms with van der Waals surface area (Å²) >= 11 is 0. The van der Waals surface area contributed by atoms with E-state index in [0.29, 0.717) is 24.6 Å². The fourth-order valence-corrected chi connectivity index (χ4v) is 2.16. The average Bonchev–Trinajstić information content (AvgIpc) is 2.65. The minimum absolute atomic E-state index is 0.0648. The number of nitrogens with zero attached hydrogens (tertiary/aromatic N) is 3. The molecule has 7 nitrogen and oxygen atoms in total. The van der Waals surface area contributed by atoms with Crippen LogP contribution in [0.4, 0.5) is 5.82 Å². The van der Waals surface area contributed by atoms with E-state index in [-0.39, 0.29) is 12.5 Å². The van der Waals surface area contributed by atoms with Crippen molar-refractivity contribution in [3.8, 4) is 0 Å². The van der Waals surface area contributed by atoms with Crippen LogP contribution in [-0.2, 0) is 0 Å². The number of amides is 1. The number of nitrogen functional groups attached to an aromatic ring is 1. The van der Waals surface area contributed by atoms with E-state index in [1.807, 2.05) is 0 Å². The fourth-order valence-electron chi connectivity index (χ4n) is 2.16. The van der Waals surface area contributed by atoms with E-state index in [1.165, 1.54) is 0 Å². The second kappa shape index (κ2) is 5.83. The van der Waals surface area contributed by atoms with Crippen LogP contribution in [-0.4, -0.2) is 70.3 Å². The lowest BCUT2D eigenvalue weighted by Gasteiger charge is -2.20. The summed E-state index contributed by atoms with van der Waals surface area (Å²) in [5, 5.41) is 15.3. The van der Waals surface area contributed by atoms with E-state index in [4.69, 9.17) is 10.8 Å². The number of rotatable bonds is 3. The summed E-state index contributed by atoms with van der Waals surface area (Å²) in [5.41, 5.74) is 5.92. The Morgan fingerprint density at radius 3 is 2.94 bits per heavy atom. The van der Waals surface area contributed by atoms with E-state index < -0.39 is 0 Å². The highest BCUT2D eigenvalue weighted by atomic mass is 16.3. The van der Waals surface area contributed by atoms with Gasteiger partial charge in [0, 0.05) is 32.2 Å². The molecule has 1 aliphatic heterocycles. The van der Waals surface area contributed by atoms with Gasteiger partial charge in [0.15, 0.2) is 0 Å². The third-order valence-corrected chi connectivity index (χ3v) is 3.12. The quantitative estimate of drug-likeness (QED) is 0.650. The van der Waals surface area contributed by atoms with Crippen molar-refractivity contribution in [2.24, 2.45) is 0 Å². The van der Waals surface area contributed by atoms with Crippen LogP contribution in [0.5, 0.6) is 0 Å². The smallest absolute Gasteiger partial charge is 0.271 e. The van der Waals surface area contributed by atoms with Crippen molar-refractivity contribution in [1.82, 2.24) is 20.0 Å². The Morgan fingerprint density at radius 2 is 2.28 bits per heavy atom. The molecule has 0 radical (unpaired) electrons. The average molecular weight is 253 g/mol. The highest BCUT2D eigenvalue weighted by Crippen LogP contribution is 2.09. The molecule has 7 heteroatoms. The van der Waals surface area contributed by atoms with Crippen LogP contribution in [0.25, 0.3) is 0 Å². The molecule has 0 saturated carbocycles. The lowest BCUT2D eigenvalue weighted by molar-refractivity contribution is 0.0754. The van der Waals surface area contributed by atoms with Gasteiger partial charge in [-0.1, -0.05) is 0 Å². The van der Waals surface area contributed by atoms with E-state index in [2.05, 4.69) is 15.1 Å². The normalized spacial score (nSPS) is 17.7. The lowest BCUT2D eigenvalue weighted by Crippen LogP contribution is -2.36. The summed E-state index contributed by atoms with van der Waals surface area (Å²) in [6, 6.07) is 1.55. The van der Waals surface area contributed by atoms with Gasteiger partial charge < -0.3 is 15.7 Å². The van der Waals surface area contributed by atoms with Crippen molar-refractivity contribution >= 4 is 11.7 Å². The molecular formula is C11H19N5O2. The Bertz CT molecular complexity index is 406. The summed E-state index contributed by atoms with van der Waals surface area (Å²) in [7, 11) is 0. The van der Waals surface area contributed by atoms with Crippen molar-refractivity contribution < 1.29 is 9.90 Å². The first kappa shape index (κ1) is 12.8. The van der Waals surface area contributed by atoms with Crippen LogP contribution >= 0.6 is 0 Å². The summed E-state index contributed by atoms with van der Waals surface area (Å²) < 4.78 is 0. The number of carbonyl (C=O) groups is 1. The lowest BCUT2D eigenvalue weighted by atomic mass is 10.3. The number of carbonyl (C=O) groups excluding carboxylic acids is 1. The third-order valence-electron chi connectivity index (χ3n) is 3.12. The number of hydrogen-bond acceptors (Lipinski definition) is 5. The first-order chi connectivity index (χ1) is 8.70. The number of β-amino-alcohol motifs (C(OH)–C–C–N with tert-alkyl or cyclic N) is 1. The maximum atomic E-state index is 12.2. The second-order valence-corrected chi connectivity index (χ2v) is 4.42. The summed E-state index contributed by atoms with van der Waals surface area (Å²) in [5.74, 6) is 0.264. The van der Waals surface area contributed by atoms with Gasteiger partial charge in [-0.15, -0.1) is 0 Å². The first-order valence-corrected chi connectivity index (χ1v) is 6.14. The molecule has 100 valence electrons. The zero-order chi connectivity index (χ0) is 13.0. The molecule has 1 saturated heterocycles. The minimum Gasteiger partial charge on any atom is -0.395 e. The van der Waals surface area contributed by atoms with Gasteiger partial charge in [-0.2, -0.15) is 5.10 Å². The van der Waals surface area contributed by atoms with Gasteiger partial charge in [0.25, 0.3) is 5.91 Å². The molecule has 1 aromatic rings. The number of anilines is 1. The monoisotopic (exact) mass is 253 g/mol. The zero-order valence-corrected chi connectivity index (χ0v) is 10.3. The van der Waals surface area contributed by atoms with E-state index in [9.17, 15) is 4.79 Å². The van der Waals surface area contributed by atoms with Crippen molar-refractivity contribution in [3.05, 3.63) is 11.8 Å². The zero-order valence-electron chi connectivity index (χ0n) is 10.3.